The average Bonchev–Trinajstić information content (AvgIpc) is 2.37. The third kappa shape index (κ3) is 4.87. The van der Waals surface area contributed by atoms with Crippen LogP contribution in [0.25, 0.3) is 0 Å². The summed E-state index contributed by atoms with van der Waals surface area (Å²) in [6, 6.07) is 7.26. The normalized spacial score (nSPS) is 15.9. The lowest BCUT2D eigenvalue weighted by Crippen LogP contribution is -2.30. The van der Waals surface area contributed by atoms with Gasteiger partial charge >= 0.3 is 0 Å². The number of rotatable bonds is 7. The molecule has 0 saturated carbocycles. The van der Waals surface area contributed by atoms with E-state index in [1.807, 2.05) is 0 Å². The molecule has 0 spiro atoms. The van der Waals surface area contributed by atoms with Crippen LogP contribution >= 0.6 is 0 Å². The summed E-state index contributed by atoms with van der Waals surface area (Å²) in [6.45, 7) is 11.1. The number of benzene rings is 1. The molecule has 2 nitrogen and oxygen atoms in total. The third-order valence-corrected chi connectivity index (χ3v) is 3.84. The van der Waals surface area contributed by atoms with Crippen molar-refractivity contribution in [1.29, 1.82) is 0 Å². The van der Waals surface area contributed by atoms with E-state index < -0.39 is 0 Å². The Morgan fingerprint density at radius 3 is 2.47 bits per heavy atom. The summed E-state index contributed by atoms with van der Waals surface area (Å²) >= 11 is 0. The minimum Gasteiger partial charge on any atom is -0.496 e. The summed E-state index contributed by atoms with van der Waals surface area (Å²) in [5, 5.41) is 3.68. The molecule has 0 saturated heterocycles. The predicted octanol–water partition coefficient (Wildman–Crippen LogP) is 4.48. The fourth-order valence-corrected chi connectivity index (χ4v) is 2.53. The molecule has 1 aromatic rings. The fraction of sp³-hybridized carbons (Fsp3) is 0.647. The lowest BCUT2D eigenvalue weighted by molar-refractivity contribution is 0.370. The van der Waals surface area contributed by atoms with Gasteiger partial charge in [-0.3, -0.25) is 0 Å². The zero-order chi connectivity index (χ0) is 14.4. The maximum absolute atomic E-state index is 5.49. The molecule has 0 bridgehead atoms. The van der Waals surface area contributed by atoms with Crippen molar-refractivity contribution in [3.05, 3.63) is 29.3 Å². The van der Waals surface area contributed by atoms with Crippen LogP contribution in [-0.4, -0.2) is 13.2 Å². The SMILES string of the molecule is CCC(C)CC(C)NC(C)c1ccc(C)cc1OC. The summed E-state index contributed by atoms with van der Waals surface area (Å²) in [7, 11) is 1.74. The number of aryl methyl sites for hydroxylation is 1. The molecule has 0 amide bonds. The van der Waals surface area contributed by atoms with Gasteiger partial charge < -0.3 is 10.1 Å². The summed E-state index contributed by atoms with van der Waals surface area (Å²) in [6.07, 6.45) is 2.46. The number of ether oxygens (including phenoxy) is 1. The van der Waals surface area contributed by atoms with Crippen molar-refractivity contribution in [1.82, 2.24) is 5.32 Å². The van der Waals surface area contributed by atoms with Gasteiger partial charge in [0.15, 0.2) is 0 Å². The van der Waals surface area contributed by atoms with Crippen LogP contribution in [0, 0.1) is 12.8 Å². The molecule has 0 aromatic heterocycles. The Kier molecular flexibility index (Phi) is 6.36. The van der Waals surface area contributed by atoms with Gasteiger partial charge in [-0.05, 0) is 44.7 Å². The number of hydrogen-bond donors (Lipinski definition) is 1. The number of hydrogen-bond acceptors (Lipinski definition) is 2. The third-order valence-electron chi connectivity index (χ3n) is 3.84. The van der Waals surface area contributed by atoms with Gasteiger partial charge in [0.1, 0.15) is 5.75 Å². The van der Waals surface area contributed by atoms with Gasteiger partial charge in [0.25, 0.3) is 0 Å². The maximum Gasteiger partial charge on any atom is 0.123 e. The van der Waals surface area contributed by atoms with Crippen LogP contribution < -0.4 is 10.1 Å². The van der Waals surface area contributed by atoms with Crippen LogP contribution in [0.4, 0.5) is 0 Å². The first-order chi connectivity index (χ1) is 8.97. The van der Waals surface area contributed by atoms with Gasteiger partial charge in [-0.2, -0.15) is 0 Å². The highest BCUT2D eigenvalue weighted by Crippen LogP contribution is 2.26. The van der Waals surface area contributed by atoms with Gasteiger partial charge in [-0.25, -0.2) is 0 Å². The van der Waals surface area contributed by atoms with E-state index in [4.69, 9.17) is 4.74 Å². The Balaban J connectivity index is 2.69. The molecule has 0 fully saturated rings. The van der Waals surface area contributed by atoms with Crippen molar-refractivity contribution in [3.63, 3.8) is 0 Å². The Morgan fingerprint density at radius 2 is 1.89 bits per heavy atom. The minimum atomic E-state index is 0.314. The Labute approximate surface area is 118 Å². The molecule has 0 heterocycles. The van der Waals surface area contributed by atoms with E-state index in [0.29, 0.717) is 12.1 Å². The second-order valence-electron chi connectivity index (χ2n) is 5.78. The van der Waals surface area contributed by atoms with E-state index in [2.05, 4.69) is 58.1 Å². The Morgan fingerprint density at radius 1 is 1.21 bits per heavy atom. The van der Waals surface area contributed by atoms with Crippen molar-refractivity contribution in [3.8, 4) is 5.75 Å². The first-order valence-corrected chi connectivity index (χ1v) is 7.38. The van der Waals surface area contributed by atoms with Crippen molar-refractivity contribution in [2.24, 2.45) is 5.92 Å². The van der Waals surface area contributed by atoms with Gasteiger partial charge in [-0.1, -0.05) is 32.4 Å². The van der Waals surface area contributed by atoms with E-state index in [1.165, 1.54) is 24.0 Å². The molecule has 0 aliphatic rings. The maximum atomic E-state index is 5.49. The Bertz CT molecular complexity index is 389. The molecule has 19 heavy (non-hydrogen) atoms. The number of nitrogens with one attached hydrogen (secondary N) is 1. The summed E-state index contributed by atoms with van der Waals surface area (Å²) in [4.78, 5) is 0. The van der Waals surface area contributed by atoms with Crippen molar-refractivity contribution >= 4 is 0 Å². The van der Waals surface area contributed by atoms with E-state index in [0.717, 1.165) is 11.7 Å². The molecule has 1 aromatic carbocycles. The molecule has 1 N–H and O–H groups in total. The van der Waals surface area contributed by atoms with Crippen molar-refractivity contribution in [2.75, 3.05) is 7.11 Å². The predicted molar refractivity (Wildman–Crippen MR) is 82.8 cm³/mol. The quantitative estimate of drug-likeness (QED) is 0.783. The zero-order valence-corrected chi connectivity index (χ0v) is 13.3. The van der Waals surface area contributed by atoms with Crippen LogP contribution in [0.3, 0.4) is 0 Å². The molecule has 108 valence electrons. The van der Waals surface area contributed by atoms with Crippen molar-refractivity contribution in [2.45, 2.75) is 59.5 Å². The Hall–Kier alpha value is -1.02. The first kappa shape index (κ1) is 16.0. The van der Waals surface area contributed by atoms with E-state index in [-0.39, 0.29) is 0 Å². The lowest BCUT2D eigenvalue weighted by atomic mass is 9.98. The van der Waals surface area contributed by atoms with Gasteiger partial charge in [-0.15, -0.1) is 0 Å². The second-order valence-corrected chi connectivity index (χ2v) is 5.78. The van der Waals surface area contributed by atoms with Crippen LogP contribution in [0.1, 0.15) is 57.7 Å². The van der Waals surface area contributed by atoms with Gasteiger partial charge in [0.2, 0.25) is 0 Å². The van der Waals surface area contributed by atoms with Crippen molar-refractivity contribution < 1.29 is 4.74 Å². The van der Waals surface area contributed by atoms with Crippen LogP contribution in [0.15, 0.2) is 18.2 Å². The highest BCUT2D eigenvalue weighted by molar-refractivity contribution is 5.39. The molecule has 2 heteroatoms. The average molecular weight is 263 g/mol. The second kappa shape index (κ2) is 7.54. The molecule has 3 atom stereocenters. The van der Waals surface area contributed by atoms with E-state index in [1.54, 1.807) is 7.11 Å². The van der Waals surface area contributed by atoms with Gasteiger partial charge in [0, 0.05) is 17.6 Å². The summed E-state index contributed by atoms with van der Waals surface area (Å²) < 4.78 is 5.49. The standard InChI is InChI=1S/C17H29NO/c1-7-12(2)10-14(4)18-15(5)16-9-8-13(3)11-17(16)19-6/h8-9,11-12,14-15,18H,7,10H2,1-6H3. The lowest BCUT2D eigenvalue weighted by Gasteiger charge is -2.24. The fourth-order valence-electron chi connectivity index (χ4n) is 2.53. The molecular formula is C17H29NO. The largest absolute Gasteiger partial charge is 0.496 e. The van der Waals surface area contributed by atoms with Gasteiger partial charge in [0.05, 0.1) is 7.11 Å². The molecular weight excluding hydrogens is 234 g/mol. The van der Waals surface area contributed by atoms with Crippen LogP contribution in [0.5, 0.6) is 5.75 Å². The summed E-state index contributed by atoms with van der Waals surface area (Å²) in [5.74, 6) is 1.75. The van der Waals surface area contributed by atoms with Crippen LogP contribution in [0.2, 0.25) is 0 Å². The topological polar surface area (TPSA) is 21.3 Å². The molecule has 0 radical (unpaired) electrons. The molecule has 1 rings (SSSR count). The highest BCUT2D eigenvalue weighted by Gasteiger charge is 2.15. The first-order valence-electron chi connectivity index (χ1n) is 7.38. The molecule has 0 aliphatic heterocycles. The molecule has 3 unspecified atom stereocenters. The number of methoxy groups -OCH3 is 1. The molecule has 0 aliphatic carbocycles. The van der Waals surface area contributed by atoms with Crippen LogP contribution in [-0.2, 0) is 0 Å². The van der Waals surface area contributed by atoms with E-state index >= 15 is 0 Å². The minimum absolute atomic E-state index is 0.314. The smallest absolute Gasteiger partial charge is 0.123 e. The highest BCUT2D eigenvalue weighted by atomic mass is 16.5. The monoisotopic (exact) mass is 263 g/mol. The zero-order valence-electron chi connectivity index (χ0n) is 13.3. The van der Waals surface area contributed by atoms with E-state index in [9.17, 15) is 0 Å². The summed E-state index contributed by atoms with van der Waals surface area (Å²) in [5.41, 5.74) is 2.48.